The van der Waals surface area contributed by atoms with Gasteiger partial charge in [-0.3, -0.25) is 9.69 Å². The second kappa shape index (κ2) is 5.49. The van der Waals surface area contributed by atoms with Crippen molar-refractivity contribution in [2.24, 2.45) is 0 Å². The number of aromatic amines is 1. The van der Waals surface area contributed by atoms with Crippen molar-refractivity contribution < 1.29 is 5.11 Å². The zero-order valence-electron chi connectivity index (χ0n) is 13.3. The second-order valence-electron chi connectivity index (χ2n) is 6.74. The zero-order chi connectivity index (χ0) is 16.0. The van der Waals surface area contributed by atoms with E-state index in [1.54, 1.807) is 6.07 Å². The van der Waals surface area contributed by atoms with E-state index >= 15 is 0 Å². The predicted octanol–water partition coefficient (Wildman–Crippen LogP) is 2.22. The fraction of sp³-hybridized carbons (Fsp3) is 0.444. The number of H-pyrrole nitrogens is 1. The quantitative estimate of drug-likeness (QED) is 0.912. The second-order valence-corrected chi connectivity index (χ2v) is 6.74. The summed E-state index contributed by atoms with van der Waals surface area (Å²) in [6, 6.07) is 5.64. The van der Waals surface area contributed by atoms with Gasteiger partial charge in [-0.25, -0.2) is 4.98 Å². The van der Waals surface area contributed by atoms with E-state index < -0.39 is 0 Å². The van der Waals surface area contributed by atoms with Crippen LogP contribution in [-0.2, 0) is 19.5 Å². The first-order valence-corrected chi connectivity index (χ1v) is 8.23. The van der Waals surface area contributed by atoms with Crippen LogP contribution in [0.1, 0.15) is 47.0 Å². The minimum absolute atomic E-state index is 0.00932. The minimum atomic E-state index is 0.00932. The molecule has 2 aliphatic rings. The van der Waals surface area contributed by atoms with Gasteiger partial charge in [0.25, 0.3) is 5.56 Å². The van der Waals surface area contributed by atoms with Gasteiger partial charge in [0, 0.05) is 37.5 Å². The first-order chi connectivity index (χ1) is 11.1. The van der Waals surface area contributed by atoms with Crippen LogP contribution in [0.25, 0.3) is 0 Å². The van der Waals surface area contributed by atoms with Gasteiger partial charge in [-0.1, -0.05) is 17.7 Å². The summed E-state index contributed by atoms with van der Waals surface area (Å²) >= 11 is 0. The molecule has 1 fully saturated rings. The van der Waals surface area contributed by atoms with Gasteiger partial charge in [-0.15, -0.1) is 0 Å². The average Bonchev–Trinajstić information content (AvgIpc) is 3.36. The summed E-state index contributed by atoms with van der Waals surface area (Å²) in [6.07, 6.45) is 3.08. The smallest absolute Gasteiger partial charge is 0.255 e. The molecule has 5 heteroatoms. The maximum Gasteiger partial charge on any atom is 0.255 e. The molecule has 0 unspecified atom stereocenters. The lowest BCUT2D eigenvalue weighted by Crippen LogP contribution is -2.35. The van der Waals surface area contributed by atoms with Gasteiger partial charge in [0.15, 0.2) is 0 Å². The van der Waals surface area contributed by atoms with E-state index in [1.165, 1.54) is 0 Å². The normalized spacial score (nSPS) is 18.0. The van der Waals surface area contributed by atoms with E-state index in [0.717, 1.165) is 54.0 Å². The molecule has 1 aliphatic carbocycles. The van der Waals surface area contributed by atoms with E-state index in [1.807, 2.05) is 19.1 Å². The molecule has 120 valence electrons. The summed E-state index contributed by atoms with van der Waals surface area (Å²) in [5.41, 5.74) is 3.79. The molecule has 1 saturated carbocycles. The highest BCUT2D eigenvalue weighted by Crippen LogP contribution is 2.37. The first-order valence-electron chi connectivity index (χ1n) is 8.23. The van der Waals surface area contributed by atoms with Crippen molar-refractivity contribution in [3.63, 3.8) is 0 Å². The van der Waals surface area contributed by atoms with Crippen molar-refractivity contribution in [1.82, 2.24) is 14.9 Å². The Morgan fingerprint density at radius 2 is 2.22 bits per heavy atom. The first kappa shape index (κ1) is 14.5. The van der Waals surface area contributed by atoms with Crippen molar-refractivity contribution in [2.75, 3.05) is 6.54 Å². The van der Waals surface area contributed by atoms with Gasteiger partial charge in [0.2, 0.25) is 0 Å². The summed E-state index contributed by atoms with van der Waals surface area (Å²) in [4.78, 5) is 22.2. The largest absolute Gasteiger partial charge is 0.508 e. The van der Waals surface area contributed by atoms with Crippen LogP contribution in [0.15, 0.2) is 23.0 Å². The number of nitrogens with zero attached hydrogens (tertiary/aromatic N) is 2. The van der Waals surface area contributed by atoms with E-state index in [4.69, 9.17) is 0 Å². The molecular weight excluding hydrogens is 290 g/mol. The standard InChI is InChI=1S/C18H21N3O2/c1-11-2-5-16(22)13(8-11)9-21-7-6-15-14(10-21)18(23)20-17(19-15)12-3-4-12/h2,5,8,12,22H,3-4,6-7,9-10H2,1H3,(H,19,20,23). The zero-order valence-corrected chi connectivity index (χ0v) is 13.3. The number of benzene rings is 1. The van der Waals surface area contributed by atoms with E-state index in [2.05, 4.69) is 14.9 Å². The molecule has 1 aromatic heterocycles. The third-order valence-corrected chi connectivity index (χ3v) is 4.76. The van der Waals surface area contributed by atoms with E-state index in [9.17, 15) is 9.90 Å². The Kier molecular flexibility index (Phi) is 3.45. The monoisotopic (exact) mass is 311 g/mol. The predicted molar refractivity (Wildman–Crippen MR) is 87.5 cm³/mol. The summed E-state index contributed by atoms with van der Waals surface area (Å²) in [5.74, 6) is 1.66. The Balaban J connectivity index is 1.56. The molecule has 2 N–H and O–H groups in total. The molecule has 0 amide bonds. The Hall–Kier alpha value is -2.14. The molecule has 1 aliphatic heterocycles. The SMILES string of the molecule is Cc1ccc(O)c(CN2CCc3nc(C4CC4)[nH]c(=O)c3C2)c1. The third kappa shape index (κ3) is 2.88. The van der Waals surface area contributed by atoms with Crippen LogP contribution in [0.3, 0.4) is 0 Å². The lowest BCUT2D eigenvalue weighted by atomic mass is 10.0. The van der Waals surface area contributed by atoms with Crippen LogP contribution in [0.2, 0.25) is 0 Å². The Bertz CT molecular complexity index is 808. The molecule has 0 bridgehead atoms. The van der Waals surface area contributed by atoms with Crippen LogP contribution in [-0.4, -0.2) is 26.5 Å². The van der Waals surface area contributed by atoms with Gasteiger partial charge in [0.05, 0.1) is 11.3 Å². The number of rotatable bonds is 3. The summed E-state index contributed by atoms with van der Waals surface area (Å²) in [7, 11) is 0. The number of phenolic OH excluding ortho intramolecular Hbond substituents is 1. The van der Waals surface area contributed by atoms with E-state index in [0.29, 0.717) is 24.8 Å². The van der Waals surface area contributed by atoms with Crippen LogP contribution in [0.4, 0.5) is 0 Å². The molecule has 0 saturated heterocycles. The fourth-order valence-corrected chi connectivity index (χ4v) is 3.27. The lowest BCUT2D eigenvalue weighted by Gasteiger charge is -2.28. The van der Waals surface area contributed by atoms with Gasteiger partial charge >= 0.3 is 0 Å². The molecule has 4 rings (SSSR count). The third-order valence-electron chi connectivity index (χ3n) is 4.76. The number of phenols is 1. The number of aromatic hydroxyl groups is 1. The highest BCUT2D eigenvalue weighted by atomic mass is 16.3. The Morgan fingerprint density at radius 3 is 3.00 bits per heavy atom. The Morgan fingerprint density at radius 1 is 1.39 bits per heavy atom. The number of nitrogens with one attached hydrogen (secondary N) is 1. The number of aromatic nitrogens is 2. The molecule has 2 heterocycles. The van der Waals surface area contributed by atoms with Gasteiger partial charge < -0.3 is 10.1 Å². The average molecular weight is 311 g/mol. The van der Waals surface area contributed by atoms with Crippen LogP contribution in [0.5, 0.6) is 5.75 Å². The summed E-state index contributed by atoms with van der Waals surface area (Å²) in [6.45, 7) is 4.12. The summed E-state index contributed by atoms with van der Waals surface area (Å²) < 4.78 is 0. The van der Waals surface area contributed by atoms with Gasteiger partial charge in [0.1, 0.15) is 11.6 Å². The molecule has 23 heavy (non-hydrogen) atoms. The number of hydrogen-bond acceptors (Lipinski definition) is 4. The molecule has 0 spiro atoms. The van der Waals surface area contributed by atoms with Crippen molar-refractivity contribution in [3.8, 4) is 5.75 Å². The topological polar surface area (TPSA) is 69.2 Å². The Labute approximate surface area is 135 Å². The lowest BCUT2D eigenvalue weighted by molar-refractivity contribution is 0.238. The minimum Gasteiger partial charge on any atom is -0.508 e. The van der Waals surface area contributed by atoms with Crippen LogP contribution >= 0.6 is 0 Å². The molecule has 0 radical (unpaired) electrons. The van der Waals surface area contributed by atoms with Gasteiger partial charge in [-0.05, 0) is 25.8 Å². The molecule has 1 aromatic carbocycles. The number of fused-ring (bicyclic) bond motifs is 1. The molecule has 5 nitrogen and oxygen atoms in total. The van der Waals surface area contributed by atoms with Crippen molar-refractivity contribution >= 4 is 0 Å². The van der Waals surface area contributed by atoms with Gasteiger partial charge in [-0.2, -0.15) is 0 Å². The number of hydrogen-bond donors (Lipinski definition) is 2. The highest BCUT2D eigenvalue weighted by molar-refractivity contribution is 5.36. The highest BCUT2D eigenvalue weighted by Gasteiger charge is 2.29. The molecule has 2 aromatic rings. The van der Waals surface area contributed by atoms with Crippen molar-refractivity contribution in [3.05, 3.63) is 56.8 Å². The summed E-state index contributed by atoms with van der Waals surface area (Å²) in [5, 5.41) is 10.0. The van der Waals surface area contributed by atoms with E-state index in [-0.39, 0.29) is 5.56 Å². The van der Waals surface area contributed by atoms with Crippen molar-refractivity contribution in [2.45, 2.75) is 45.2 Å². The maximum absolute atomic E-state index is 12.4. The molecular formula is C18H21N3O2. The van der Waals surface area contributed by atoms with Crippen molar-refractivity contribution in [1.29, 1.82) is 0 Å². The maximum atomic E-state index is 12.4. The fourth-order valence-electron chi connectivity index (χ4n) is 3.27. The van der Waals surface area contributed by atoms with Crippen LogP contribution < -0.4 is 5.56 Å². The van der Waals surface area contributed by atoms with Crippen LogP contribution in [0, 0.1) is 6.92 Å². The molecule has 0 atom stereocenters. The number of aryl methyl sites for hydroxylation is 1.